The molecular weight excluding hydrogens is 1700 g/mol. The maximum atomic E-state index is 11.3. The molecule has 0 aliphatic carbocycles. The van der Waals surface area contributed by atoms with Crippen LogP contribution in [0.4, 0.5) is 0 Å². The van der Waals surface area contributed by atoms with Gasteiger partial charge in [0.2, 0.25) is 0 Å². The van der Waals surface area contributed by atoms with Gasteiger partial charge in [0.1, 0.15) is 0 Å². The van der Waals surface area contributed by atoms with E-state index in [9.17, 15) is 19.2 Å². The first-order valence-electron chi connectivity index (χ1n) is 46.8. The van der Waals surface area contributed by atoms with E-state index in [1.54, 1.807) is 0 Å². The molecule has 0 amide bonds. The number of ether oxygens (including phenoxy) is 4. The Morgan fingerprint density at radius 2 is 0.301 bits per heavy atom. The molecule has 0 aliphatic rings. The topological polar surface area (TPSA) is 105 Å². The monoisotopic (exact) mass is 1900 g/mol. The molecule has 8 nitrogen and oxygen atoms in total. The van der Waals surface area contributed by atoms with Crippen molar-refractivity contribution in [3.05, 3.63) is 48.6 Å². The van der Waals surface area contributed by atoms with Crippen molar-refractivity contribution < 1.29 is 38.1 Å². The van der Waals surface area contributed by atoms with Crippen LogP contribution in [0.1, 0.15) is 505 Å². The van der Waals surface area contributed by atoms with Gasteiger partial charge in [0.25, 0.3) is 0 Å². The zero-order chi connectivity index (χ0) is 79.4. The first-order valence-corrected chi connectivity index (χ1v) is 49.1. The molecular formula is C98H190O8S5Sn2. The molecule has 0 aliphatic heterocycles. The Bertz CT molecular complexity index is 1590. The quantitative estimate of drug-likeness (QED) is 0.0145. The summed E-state index contributed by atoms with van der Waals surface area (Å²) in [6, 6.07) is 0. The second-order valence-corrected chi connectivity index (χ2v) is 32.3. The van der Waals surface area contributed by atoms with Gasteiger partial charge in [0.15, 0.2) is 0 Å². The number of carbonyl (C=O) groups is 4. The van der Waals surface area contributed by atoms with E-state index >= 15 is 0 Å². The number of unbranched alkanes of at least 4 members (excludes halogenated alkanes) is 60. The summed E-state index contributed by atoms with van der Waals surface area (Å²) in [7, 11) is 0. The molecule has 0 aromatic rings. The van der Waals surface area contributed by atoms with Crippen LogP contribution in [0, 0.1) is 0 Å². The largest absolute Gasteiger partial charge is 2.00 e. The van der Waals surface area contributed by atoms with E-state index in [0.29, 0.717) is 75.1 Å². The summed E-state index contributed by atoms with van der Waals surface area (Å²) in [5.74, 6) is 1.52. The summed E-state index contributed by atoms with van der Waals surface area (Å²) in [5.41, 5.74) is 0. The van der Waals surface area contributed by atoms with Gasteiger partial charge in [0.05, 0.1) is 26.4 Å². The Morgan fingerprint density at radius 1 is 0.195 bits per heavy atom. The summed E-state index contributed by atoms with van der Waals surface area (Å²) in [6.07, 6.45) is 111. The van der Waals surface area contributed by atoms with Gasteiger partial charge in [-0.15, -0.1) is 23.0 Å². The smallest absolute Gasteiger partial charge is 0.789 e. The number of esters is 4. The third-order valence-corrected chi connectivity index (χ3v) is 20.6. The van der Waals surface area contributed by atoms with E-state index in [1.165, 1.54) is 385 Å². The predicted octanol–water partition coefficient (Wildman–Crippen LogP) is 31.3. The molecule has 0 rings (SSSR count). The van der Waals surface area contributed by atoms with E-state index in [0.717, 1.165) is 51.4 Å². The molecule has 0 aromatic carbocycles. The molecule has 0 N–H and O–H groups in total. The minimum Gasteiger partial charge on any atom is -0.789 e. The summed E-state index contributed by atoms with van der Waals surface area (Å²) in [5, 5.41) is 0. The molecule has 0 bridgehead atoms. The van der Waals surface area contributed by atoms with Gasteiger partial charge in [-0.3, -0.25) is 19.2 Å². The molecule has 0 fully saturated rings. The second kappa shape index (κ2) is 128. The van der Waals surface area contributed by atoms with Crippen molar-refractivity contribution in [3.63, 3.8) is 0 Å². The Hall–Kier alpha value is 0.187. The molecule has 0 atom stereocenters. The number of allylic oxidation sites excluding steroid dienone is 8. The van der Waals surface area contributed by atoms with Gasteiger partial charge in [-0.2, -0.15) is 13.5 Å². The first-order chi connectivity index (χ1) is 53.2. The van der Waals surface area contributed by atoms with Gasteiger partial charge < -0.3 is 69.5 Å². The van der Waals surface area contributed by atoms with Crippen molar-refractivity contribution >= 4 is 136 Å². The Balaban J connectivity index is -0.000000180. The van der Waals surface area contributed by atoms with E-state index < -0.39 is 0 Å². The van der Waals surface area contributed by atoms with Crippen molar-refractivity contribution in [1.29, 1.82) is 0 Å². The zero-order valence-electron chi connectivity index (χ0n) is 73.6. The Morgan fingerprint density at radius 3 is 0.416 bits per heavy atom. The predicted molar refractivity (Wildman–Crippen MR) is 520 cm³/mol. The Kier molecular flexibility index (Phi) is 148. The van der Waals surface area contributed by atoms with Crippen LogP contribution < -0.4 is 0 Å². The molecule has 0 saturated heterocycles. The fourth-order valence-corrected chi connectivity index (χ4v) is 13.5. The van der Waals surface area contributed by atoms with Crippen molar-refractivity contribution in [2.75, 3.05) is 49.4 Å². The van der Waals surface area contributed by atoms with E-state index in [-0.39, 0.29) is 100 Å². The number of carbonyl (C=O) groups excluding carboxylic acids is 4. The third-order valence-electron chi connectivity index (χ3n) is 20.0. The molecule has 668 valence electrons. The maximum Gasteiger partial charge on any atom is 2.00 e. The first kappa shape index (κ1) is 131. The van der Waals surface area contributed by atoms with Crippen LogP contribution in [0.25, 0.3) is 0 Å². The van der Waals surface area contributed by atoms with Gasteiger partial charge in [-0.25, -0.2) is 0 Å². The molecule has 113 heavy (non-hydrogen) atoms. The zero-order valence-corrected chi connectivity index (χ0v) is 83.6. The average Bonchev–Trinajstić information content (AvgIpc) is 1.34. The van der Waals surface area contributed by atoms with Crippen molar-refractivity contribution in [1.82, 2.24) is 0 Å². The van der Waals surface area contributed by atoms with Gasteiger partial charge in [0, 0.05) is 25.7 Å². The normalized spacial score (nSPS) is 10.8. The van der Waals surface area contributed by atoms with Crippen LogP contribution in [0.5, 0.6) is 0 Å². The van der Waals surface area contributed by atoms with Crippen molar-refractivity contribution in [2.45, 2.75) is 505 Å². The SMILES string of the molecule is C.C.CCCCCCCCCCCCCCCC/C=C/CCCC(=O)OCC[S-].CCCCCCCCCCCCCCCC/C=C/CCCC(=O)OCC[S-].CCCCCCCCCCCCCCCC/C=C/CCCC(=O)OCC[S-].CCCCCCCCCCCCCCCC/C=C/CCCC(=O)OCC[S-].S.[Sn+2].[Sn+2]. The second-order valence-electron chi connectivity index (χ2n) is 30.7. The molecule has 0 aromatic heterocycles. The Labute approximate surface area is 769 Å². The van der Waals surface area contributed by atoms with Crippen LogP contribution in [0.3, 0.4) is 0 Å². The fraction of sp³-hybridized carbons (Fsp3) is 0.878. The van der Waals surface area contributed by atoms with E-state index in [1.807, 2.05) is 0 Å². The number of rotatable bonds is 84. The molecule has 0 saturated carbocycles. The standard InChI is InChI=1S/4C24H46O2S.2CH4.H2S.2Sn/c4*1-2-3-4-5-6-7-8-9-10-11-12-13-14-15-16-17-18-19-20-21-24(25)26-22-23-27;;;;;/h4*17-18,27H,2-16,19-23H2,1H3;2*1H4;1H2;;/q;;;;;;;2*+2/p-4/b4*18-17+;;;;;. The summed E-state index contributed by atoms with van der Waals surface area (Å²) < 4.78 is 19.8. The van der Waals surface area contributed by atoms with Crippen LogP contribution >= 0.6 is 13.5 Å². The maximum absolute atomic E-state index is 11.3. The van der Waals surface area contributed by atoms with Gasteiger partial charge in [-0.1, -0.05) is 425 Å². The summed E-state index contributed by atoms with van der Waals surface area (Å²) >= 11 is 19.0. The van der Waals surface area contributed by atoms with Crippen molar-refractivity contribution in [3.8, 4) is 0 Å². The van der Waals surface area contributed by atoms with E-state index in [2.05, 4.69) is 76.3 Å². The third kappa shape index (κ3) is 136. The molecule has 0 unspecified atom stereocenters. The molecule has 0 heterocycles. The number of hydrogen-bond acceptors (Lipinski definition) is 12. The summed E-state index contributed by atoms with van der Waals surface area (Å²) in [6.45, 7) is 10.6. The minimum absolute atomic E-state index is 0. The van der Waals surface area contributed by atoms with Crippen LogP contribution in [-0.2, 0) is 88.6 Å². The van der Waals surface area contributed by atoms with Crippen LogP contribution in [0.2, 0.25) is 0 Å². The van der Waals surface area contributed by atoms with Crippen LogP contribution in [-0.4, -0.2) is 121 Å². The van der Waals surface area contributed by atoms with E-state index in [4.69, 9.17) is 69.5 Å². The average molecular weight is 1890 g/mol. The summed E-state index contributed by atoms with van der Waals surface area (Å²) in [4.78, 5) is 45.2. The molecule has 15 heteroatoms. The molecule has 4 radical (unpaired) electrons. The van der Waals surface area contributed by atoms with Gasteiger partial charge >= 0.3 is 71.7 Å². The molecule has 0 spiro atoms. The van der Waals surface area contributed by atoms with Gasteiger partial charge in [-0.05, 0) is 103 Å². The fourth-order valence-electron chi connectivity index (χ4n) is 13.1. The van der Waals surface area contributed by atoms with Crippen LogP contribution in [0.15, 0.2) is 48.6 Å². The minimum atomic E-state index is -0.111. The number of hydrogen-bond donors (Lipinski definition) is 0. The van der Waals surface area contributed by atoms with Crippen molar-refractivity contribution in [2.24, 2.45) is 0 Å².